The number of hydrogen-bond donors (Lipinski definition) is 1. The molecule has 0 bridgehead atoms. The van der Waals surface area contributed by atoms with E-state index in [9.17, 15) is 12.8 Å². The van der Waals surface area contributed by atoms with Gasteiger partial charge in [-0.1, -0.05) is 18.7 Å². The molecule has 0 atom stereocenters. The highest BCUT2D eigenvalue weighted by Gasteiger charge is 2.13. The van der Waals surface area contributed by atoms with Crippen LogP contribution in [0.3, 0.4) is 0 Å². The summed E-state index contributed by atoms with van der Waals surface area (Å²) in [6, 6.07) is 4.51. The van der Waals surface area contributed by atoms with Crippen LogP contribution in [-0.4, -0.2) is 15.0 Å². The van der Waals surface area contributed by atoms with Crippen LogP contribution in [0.1, 0.15) is 13.8 Å². The fraction of sp³-hybridized carbons (Fsp3) is 0.400. The molecule has 0 unspecified atom stereocenters. The molecule has 1 rings (SSSR count). The van der Waals surface area contributed by atoms with Crippen molar-refractivity contribution in [2.75, 3.05) is 6.61 Å². The zero-order valence-electron chi connectivity index (χ0n) is 9.10. The Morgan fingerprint density at radius 3 is 2.38 bits per heavy atom. The van der Waals surface area contributed by atoms with Gasteiger partial charge in [-0.25, -0.2) is 12.8 Å². The lowest BCUT2D eigenvalue weighted by Gasteiger charge is -2.08. The van der Waals surface area contributed by atoms with E-state index >= 15 is 0 Å². The van der Waals surface area contributed by atoms with Crippen LogP contribution in [0.25, 0.3) is 0 Å². The van der Waals surface area contributed by atoms with Gasteiger partial charge in [0, 0.05) is 0 Å². The molecule has 0 saturated heterocycles. The Hall–Kier alpha value is -0.980. The van der Waals surface area contributed by atoms with Crippen LogP contribution in [0, 0.1) is 11.7 Å². The summed E-state index contributed by atoms with van der Waals surface area (Å²) in [5.74, 6) is -0.266. The quantitative estimate of drug-likeness (QED) is 0.806. The van der Waals surface area contributed by atoms with Crippen LogP contribution in [-0.2, 0) is 14.9 Å². The normalized spacial score (nSPS) is 12.0. The number of nitrogens with one attached hydrogen (secondary N) is 1. The van der Waals surface area contributed by atoms with Gasteiger partial charge >= 0.3 is 0 Å². The third-order valence-electron chi connectivity index (χ3n) is 1.71. The van der Waals surface area contributed by atoms with Crippen LogP contribution < -0.4 is 4.89 Å². The van der Waals surface area contributed by atoms with Gasteiger partial charge in [-0.3, -0.25) is 4.84 Å². The van der Waals surface area contributed by atoms with Gasteiger partial charge in [-0.05, 0) is 30.2 Å². The molecule has 0 radical (unpaired) electrons. The van der Waals surface area contributed by atoms with E-state index < -0.39 is 15.8 Å². The molecule has 1 aromatic rings. The summed E-state index contributed by atoms with van der Waals surface area (Å²) < 4.78 is 35.7. The van der Waals surface area contributed by atoms with E-state index in [1.165, 1.54) is 12.1 Å². The zero-order chi connectivity index (χ0) is 12.2. The molecule has 0 aliphatic heterocycles. The number of halogens is 1. The third-order valence-corrected chi connectivity index (χ3v) is 2.94. The third kappa shape index (κ3) is 3.88. The van der Waals surface area contributed by atoms with Crippen molar-refractivity contribution >= 4 is 10.0 Å². The summed E-state index contributed by atoms with van der Waals surface area (Å²) in [6.45, 7) is 4.07. The molecule has 0 amide bonds. The fourth-order valence-electron chi connectivity index (χ4n) is 0.940. The molecule has 6 heteroatoms. The number of rotatable bonds is 5. The Labute approximate surface area is 94.4 Å². The summed E-state index contributed by atoms with van der Waals surface area (Å²) in [7, 11) is -3.71. The fourth-order valence-corrected chi connectivity index (χ4v) is 1.75. The maximum atomic E-state index is 12.6. The first-order valence-electron chi connectivity index (χ1n) is 4.81. The van der Waals surface area contributed by atoms with Gasteiger partial charge in [0.1, 0.15) is 5.82 Å². The van der Waals surface area contributed by atoms with Gasteiger partial charge < -0.3 is 0 Å². The lowest BCUT2D eigenvalue weighted by molar-refractivity contribution is 0.0718. The lowest BCUT2D eigenvalue weighted by atomic mass is 10.2. The minimum absolute atomic E-state index is 0.0299. The van der Waals surface area contributed by atoms with Crippen molar-refractivity contribution in [1.82, 2.24) is 4.89 Å². The van der Waals surface area contributed by atoms with E-state index in [1.54, 1.807) is 0 Å². The van der Waals surface area contributed by atoms with Gasteiger partial charge in [0.25, 0.3) is 10.0 Å². The molecule has 0 spiro atoms. The van der Waals surface area contributed by atoms with E-state index in [0.717, 1.165) is 12.1 Å². The average molecular weight is 247 g/mol. The van der Waals surface area contributed by atoms with Gasteiger partial charge in [0.15, 0.2) is 0 Å². The second-order valence-corrected chi connectivity index (χ2v) is 5.39. The first kappa shape index (κ1) is 13.1. The summed E-state index contributed by atoms with van der Waals surface area (Å²) in [6.07, 6.45) is 0. The Balaban J connectivity index is 2.67. The SMILES string of the molecule is CC(C)CONS(=O)(=O)c1ccc(F)cc1. The van der Waals surface area contributed by atoms with Gasteiger partial charge in [0.05, 0.1) is 11.5 Å². The highest BCUT2D eigenvalue weighted by Crippen LogP contribution is 2.09. The maximum absolute atomic E-state index is 12.6. The van der Waals surface area contributed by atoms with Crippen molar-refractivity contribution in [1.29, 1.82) is 0 Å². The van der Waals surface area contributed by atoms with Crippen molar-refractivity contribution in [2.24, 2.45) is 5.92 Å². The van der Waals surface area contributed by atoms with Crippen molar-refractivity contribution in [3.8, 4) is 0 Å². The van der Waals surface area contributed by atoms with Crippen LogP contribution in [0.15, 0.2) is 29.2 Å². The smallest absolute Gasteiger partial charge is 0.262 e. The van der Waals surface area contributed by atoms with Gasteiger partial charge in [-0.2, -0.15) is 0 Å². The van der Waals surface area contributed by atoms with E-state index in [0.29, 0.717) is 0 Å². The predicted octanol–water partition coefficient (Wildman–Crippen LogP) is 1.69. The van der Waals surface area contributed by atoms with Crippen LogP contribution >= 0.6 is 0 Å². The second-order valence-electron chi connectivity index (χ2n) is 3.75. The lowest BCUT2D eigenvalue weighted by Crippen LogP contribution is -2.25. The molecule has 0 aliphatic rings. The molecule has 16 heavy (non-hydrogen) atoms. The summed E-state index contributed by atoms with van der Waals surface area (Å²) >= 11 is 0. The minimum atomic E-state index is -3.71. The molecule has 0 saturated carbocycles. The van der Waals surface area contributed by atoms with Crippen LogP contribution in [0.2, 0.25) is 0 Å². The molecule has 0 heterocycles. The topological polar surface area (TPSA) is 55.4 Å². The Bertz CT molecular complexity index is 428. The van der Waals surface area contributed by atoms with Crippen LogP contribution in [0.4, 0.5) is 4.39 Å². The molecular formula is C10H14FNO3S. The van der Waals surface area contributed by atoms with E-state index in [-0.39, 0.29) is 17.4 Å². The zero-order valence-corrected chi connectivity index (χ0v) is 9.92. The van der Waals surface area contributed by atoms with Gasteiger partial charge in [0.2, 0.25) is 0 Å². The highest BCUT2D eigenvalue weighted by molar-refractivity contribution is 7.89. The molecule has 0 fully saturated rings. The van der Waals surface area contributed by atoms with E-state index in [2.05, 4.69) is 0 Å². The first-order chi connectivity index (χ1) is 7.42. The molecule has 1 N–H and O–H groups in total. The highest BCUT2D eigenvalue weighted by atomic mass is 32.2. The molecule has 0 aromatic heterocycles. The molecule has 90 valence electrons. The van der Waals surface area contributed by atoms with Crippen molar-refractivity contribution in [3.05, 3.63) is 30.1 Å². The monoisotopic (exact) mass is 247 g/mol. The molecule has 1 aromatic carbocycles. The van der Waals surface area contributed by atoms with Crippen LogP contribution in [0.5, 0.6) is 0 Å². The van der Waals surface area contributed by atoms with E-state index in [1.807, 2.05) is 18.7 Å². The number of sulfonamides is 1. The first-order valence-corrected chi connectivity index (χ1v) is 6.29. The average Bonchev–Trinajstić information content (AvgIpc) is 2.17. The van der Waals surface area contributed by atoms with Gasteiger partial charge in [-0.15, -0.1) is 0 Å². The summed E-state index contributed by atoms with van der Waals surface area (Å²) in [5, 5.41) is 0. The van der Waals surface area contributed by atoms with E-state index in [4.69, 9.17) is 4.84 Å². The maximum Gasteiger partial charge on any atom is 0.262 e. The summed E-state index contributed by atoms with van der Waals surface area (Å²) in [4.78, 5) is 6.76. The van der Waals surface area contributed by atoms with Crippen molar-refractivity contribution in [2.45, 2.75) is 18.7 Å². The number of benzene rings is 1. The summed E-state index contributed by atoms with van der Waals surface area (Å²) in [5.41, 5.74) is 0. The number of hydrogen-bond acceptors (Lipinski definition) is 3. The molecular weight excluding hydrogens is 233 g/mol. The Kier molecular flexibility index (Phi) is 4.40. The Morgan fingerprint density at radius 1 is 1.31 bits per heavy atom. The van der Waals surface area contributed by atoms with Crippen molar-refractivity contribution in [3.63, 3.8) is 0 Å². The predicted molar refractivity (Wildman–Crippen MR) is 57.5 cm³/mol. The Morgan fingerprint density at radius 2 is 1.88 bits per heavy atom. The molecule has 0 aliphatic carbocycles. The minimum Gasteiger partial charge on any atom is -0.287 e. The second kappa shape index (κ2) is 5.38. The largest absolute Gasteiger partial charge is 0.287 e. The van der Waals surface area contributed by atoms with Crippen molar-refractivity contribution < 1.29 is 17.6 Å². The standard InChI is InChI=1S/C10H14FNO3S/c1-8(2)7-15-12-16(13,14)10-5-3-9(11)4-6-10/h3-6,8,12H,7H2,1-2H3. The molecule has 4 nitrogen and oxygen atoms in total.